The van der Waals surface area contributed by atoms with Crippen LogP contribution in [0, 0.1) is 14.2 Å². The van der Waals surface area contributed by atoms with E-state index in [1.165, 1.54) is 11.5 Å². The number of aromatic nitrogens is 2. The Hall–Kier alpha value is 0.270. The van der Waals surface area contributed by atoms with Crippen LogP contribution in [0.4, 0.5) is 4.39 Å². The van der Waals surface area contributed by atoms with Gasteiger partial charge in [-0.15, -0.1) is 0 Å². The van der Waals surface area contributed by atoms with Gasteiger partial charge in [0.2, 0.25) is 0 Å². The minimum atomic E-state index is -0.179. The van der Waals surface area contributed by atoms with Gasteiger partial charge in [0.25, 0.3) is 0 Å². The maximum absolute atomic E-state index is 13.7. The largest absolute Gasteiger partial charge is 0.331 e. The monoisotopic (exact) mass is 426 g/mol. The first-order valence-corrected chi connectivity index (χ1v) is 9.61. The van der Waals surface area contributed by atoms with Crippen molar-refractivity contribution in [3.8, 4) is 0 Å². The van der Waals surface area contributed by atoms with Crippen LogP contribution >= 0.6 is 58.3 Å². The van der Waals surface area contributed by atoms with Gasteiger partial charge in [-0.05, 0) is 40.9 Å². The standard InChI is InChI=1S/C12H12FIN2S3/c13-8-3-11-10(4-9(8)14)15-12(17)16(11)5-7-6-18-1-2-19-7/h3-4,7H,1-2,5-6H2,(H,15,17). The van der Waals surface area contributed by atoms with E-state index in [4.69, 9.17) is 12.2 Å². The smallest absolute Gasteiger partial charge is 0.178 e. The molecule has 2 heterocycles. The summed E-state index contributed by atoms with van der Waals surface area (Å²) in [6, 6.07) is 3.41. The van der Waals surface area contributed by atoms with E-state index in [2.05, 4.69) is 4.98 Å². The average molecular weight is 426 g/mol. The van der Waals surface area contributed by atoms with Crippen molar-refractivity contribution >= 4 is 69.4 Å². The predicted octanol–water partition coefficient (Wildman–Crippen LogP) is 4.29. The molecule has 19 heavy (non-hydrogen) atoms. The molecule has 7 heteroatoms. The number of nitrogens with one attached hydrogen (secondary N) is 1. The summed E-state index contributed by atoms with van der Waals surface area (Å²) >= 11 is 11.4. The Kier molecular flexibility index (Phi) is 4.45. The molecule has 0 bridgehead atoms. The number of hydrogen-bond donors (Lipinski definition) is 1. The molecule has 0 spiro atoms. The third-order valence-electron chi connectivity index (χ3n) is 3.09. The number of aromatic amines is 1. The maximum Gasteiger partial charge on any atom is 0.178 e. The molecule has 3 rings (SSSR count). The Balaban J connectivity index is 2.00. The molecule has 1 unspecified atom stereocenters. The second-order valence-electron chi connectivity index (χ2n) is 4.39. The Morgan fingerprint density at radius 3 is 3.05 bits per heavy atom. The second kappa shape index (κ2) is 5.95. The number of hydrogen-bond acceptors (Lipinski definition) is 3. The number of fused-ring (bicyclic) bond motifs is 1. The number of halogens is 2. The highest BCUT2D eigenvalue weighted by Crippen LogP contribution is 2.27. The molecular formula is C12H12FIN2S3. The van der Waals surface area contributed by atoms with Crippen molar-refractivity contribution in [3.63, 3.8) is 0 Å². The summed E-state index contributed by atoms with van der Waals surface area (Å²) in [4.78, 5) is 3.17. The zero-order chi connectivity index (χ0) is 13.4. The zero-order valence-corrected chi connectivity index (χ0v) is 14.6. The fraction of sp³-hybridized carbons (Fsp3) is 0.417. The Morgan fingerprint density at radius 2 is 2.32 bits per heavy atom. The SMILES string of the molecule is Fc1cc2c(cc1I)[nH]c(=S)n2CC1CSCCS1. The van der Waals surface area contributed by atoms with Gasteiger partial charge in [-0.3, -0.25) is 0 Å². The first-order valence-electron chi connectivity index (χ1n) is 5.92. The fourth-order valence-corrected chi connectivity index (χ4v) is 5.58. The Bertz CT molecular complexity index is 661. The van der Waals surface area contributed by atoms with Gasteiger partial charge in [-0.25, -0.2) is 4.39 Å². The van der Waals surface area contributed by atoms with E-state index in [1.54, 1.807) is 6.07 Å². The van der Waals surface area contributed by atoms with Crippen molar-refractivity contribution in [1.82, 2.24) is 9.55 Å². The number of imidazole rings is 1. The summed E-state index contributed by atoms with van der Waals surface area (Å²) in [5, 5.41) is 0.562. The first-order chi connectivity index (χ1) is 9.15. The summed E-state index contributed by atoms with van der Waals surface area (Å²) in [6.45, 7) is 0.858. The van der Waals surface area contributed by atoms with Crippen LogP contribution in [0.1, 0.15) is 0 Å². The molecule has 1 aliphatic heterocycles. The zero-order valence-electron chi connectivity index (χ0n) is 9.99. The molecule has 0 aliphatic carbocycles. The number of benzene rings is 1. The van der Waals surface area contributed by atoms with Crippen LogP contribution in [-0.2, 0) is 6.54 Å². The molecular weight excluding hydrogens is 414 g/mol. The van der Waals surface area contributed by atoms with E-state index in [0.29, 0.717) is 13.6 Å². The van der Waals surface area contributed by atoms with Gasteiger partial charge in [0.15, 0.2) is 4.77 Å². The molecule has 0 amide bonds. The minimum absolute atomic E-state index is 0.179. The summed E-state index contributed by atoms with van der Waals surface area (Å²) in [5.74, 6) is 3.39. The van der Waals surface area contributed by atoms with Crippen LogP contribution in [0.5, 0.6) is 0 Å². The second-order valence-corrected chi connectivity index (χ2v) is 8.50. The predicted molar refractivity (Wildman–Crippen MR) is 93.4 cm³/mol. The molecule has 1 aliphatic rings. The van der Waals surface area contributed by atoms with Crippen molar-refractivity contribution in [1.29, 1.82) is 0 Å². The Morgan fingerprint density at radius 1 is 1.47 bits per heavy atom. The molecule has 1 saturated heterocycles. The number of H-pyrrole nitrogens is 1. The van der Waals surface area contributed by atoms with Crippen molar-refractivity contribution < 1.29 is 4.39 Å². The maximum atomic E-state index is 13.7. The van der Waals surface area contributed by atoms with E-state index in [1.807, 2.05) is 56.7 Å². The lowest BCUT2D eigenvalue weighted by Gasteiger charge is -2.21. The molecule has 1 N–H and O–H groups in total. The molecule has 2 nitrogen and oxygen atoms in total. The summed E-state index contributed by atoms with van der Waals surface area (Å²) in [6.07, 6.45) is 0. The van der Waals surface area contributed by atoms with Gasteiger partial charge in [-0.2, -0.15) is 23.5 Å². The van der Waals surface area contributed by atoms with E-state index < -0.39 is 0 Å². The number of thioether (sulfide) groups is 2. The van der Waals surface area contributed by atoms with Crippen molar-refractivity contribution in [2.24, 2.45) is 0 Å². The van der Waals surface area contributed by atoms with Crippen molar-refractivity contribution in [2.45, 2.75) is 11.8 Å². The van der Waals surface area contributed by atoms with Gasteiger partial charge in [0.05, 0.1) is 14.6 Å². The molecule has 1 fully saturated rings. The Labute approximate surface area is 138 Å². The first kappa shape index (κ1) is 14.2. The molecule has 2 aromatic rings. The summed E-state index contributed by atoms with van der Waals surface area (Å²) in [5.41, 5.74) is 1.79. The molecule has 0 saturated carbocycles. The topological polar surface area (TPSA) is 20.7 Å². The van der Waals surface area contributed by atoms with Gasteiger partial charge in [-0.1, -0.05) is 0 Å². The molecule has 0 radical (unpaired) electrons. The highest BCUT2D eigenvalue weighted by Gasteiger charge is 2.17. The highest BCUT2D eigenvalue weighted by atomic mass is 127. The molecule has 1 aromatic carbocycles. The van der Waals surface area contributed by atoms with E-state index in [0.717, 1.165) is 23.3 Å². The van der Waals surface area contributed by atoms with Crippen LogP contribution < -0.4 is 0 Å². The quantitative estimate of drug-likeness (QED) is 0.572. The van der Waals surface area contributed by atoms with Crippen molar-refractivity contribution in [2.75, 3.05) is 17.3 Å². The third-order valence-corrected chi connectivity index (χ3v) is 7.06. The van der Waals surface area contributed by atoms with E-state index in [9.17, 15) is 4.39 Å². The number of rotatable bonds is 2. The van der Waals surface area contributed by atoms with Crippen LogP contribution in [0.25, 0.3) is 11.0 Å². The van der Waals surface area contributed by atoms with Gasteiger partial charge < -0.3 is 9.55 Å². The summed E-state index contributed by atoms with van der Waals surface area (Å²) in [7, 11) is 0. The van der Waals surface area contributed by atoms with E-state index >= 15 is 0 Å². The highest BCUT2D eigenvalue weighted by molar-refractivity contribution is 14.1. The van der Waals surface area contributed by atoms with E-state index in [-0.39, 0.29) is 5.82 Å². The normalized spacial score (nSPS) is 20.0. The number of nitrogens with zero attached hydrogens (tertiary/aromatic N) is 1. The lowest BCUT2D eigenvalue weighted by Crippen LogP contribution is -2.20. The van der Waals surface area contributed by atoms with Crippen molar-refractivity contribution in [3.05, 3.63) is 26.3 Å². The van der Waals surface area contributed by atoms with Crippen LogP contribution in [-0.4, -0.2) is 32.1 Å². The van der Waals surface area contributed by atoms with Gasteiger partial charge in [0, 0.05) is 35.1 Å². The molecule has 102 valence electrons. The lowest BCUT2D eigenvalue weighted by molar-refractivity contribution is 0.620. The van der Waals surface area contributed by atoms with Crippen LogP contribution in [0.2, 0.25) is 0 Å². The minimum Gasteiger partial charge on any atom is -0.331 e. The third kappa shape index (κ3) is 2.98. The lowest BCUT2D eigenvalue weighted by atomic mass is 10.3. The summed E-state index contributed by atoms with van der Waals surface area (Å²) < 4.78 is 17.1. The molecule has 1 atom stereocenters. The average Bonchev–Trinajstić information content (AvgIpc) is 2.68. The fourth-order valence-electron chi connectivity index (χ4n) is 2.18. The van der Waals surface area contributed by atoms with Crippen LogP contribution in [0.15, 0.2) is 12.1 Å². The van der Waals surface area contributed by atoms with Gasteiger partial charge >= 0.3 is 0 Å². The molecule has 1 aromatic heterocycles. The van der Waals surface area contributed by atoms with Gasteiger partial charge in [0.1, 0.15) is 5.82 Å². The van der Waals surface area contributed by atoms with Crippen LogP contribution in [0.3, 0.4) is 0 Å².